The van der Waals surface area contributed by atoms with Gasteiger partial charge in [-0.1, -0.05) is 18.2 Å². The first-order chi connectivity index (χ1) is 6.20. The molecule has 13 heavy (non-hydrogen) atoms. The third kappa shape index (κ3) is 4.00. The Labute approximate surface area is 77.5 Å². The fourth-order valence-electron chi connectivity index (χ4n) is 0.752. The molecule has 2 N–H and O–H groups in total. The molecule has 70 valence electrons. The van der Waals surface area contributed by atoms with Crippen molar-refractivity contribution in [2.45, 2.75) is 0 Å². The predicted molar refractivity (Wildman–Crippen MR) is 52.4 cm³/mol. The summed E-state index contributed by atoms with van der Waals surface area (Å²) in [7, 11) is 4.07. The van der Waals surface area contributed by atoms with Crippen LogP contribution in [0.5, 0.6) is 0 Å². The second kappa shape index (κ2) is 4.35. The summed E-state index contributed by atoms with van der Waals surface area (Å²) in [6, 6.07) is 10.2. The second-order valence-corrected chi connectivity index (χ2v) is 2.81. The molecule has 0 unspecified atom stereocenters. The number of benzene rings is 1. The average Bonchev–Trinajstić information content (AvgIpc) is 2.90. The lowest BCUT2D eigenvalue weighted by Gasteiger charge is -2.10. The number of para-hydroxylation sites is 1. The van der Waals surface area contributed by atoms with Gasteiger partial charge in [0.2, 0.25) is 0 Å². The van der Waals surface area contributed by atoms with Crippen molar-refractivity contribution in [3.63, 3.8) is 0 Å². The molecule has 0 spiro atoms. The maximum Gasteiger partial charge on any atom is 0.352 e. The highest BCUT2D eigenvalue weighted by atomic mass is 16.2. The Hall–Kier alpha value is -1.71. The van der Waals surface area contributed by atoms with Crippen molar-refractivity contribution in [1.29, 1.82) is 0 Å². The van der Waals surface area contributed by atoms with Gasteiger partial charge in [-0.15, -0.1) is 0 Å². The standard InChI is InChI=1S/C8H11N.CH2N2O/c1-9(2)8-6-4-3-5-7-8;4-1-2-3-1/h3-7H,1-2H3;(H2,2,3,4). The van der Waals surface area contributed by atoms with Crippen LogP contribution in [0, 0.1) is 0 Å². The third-order valence-electron chi connectivity index (χ3n) is 1.50. The van der Waals surface area contributed by atoms with Crippen LogP contribution in [0.25, 0.3) is 0 Å². The number of hydrogen-bond donors (Lipinski definition) is 2. The second-order valence-electron chi connectivity index (χ2n) is 2.81. The van der Waals surface area contributed by atoms with Gasteiger partial charge in [0, 0.05) is 19.8 Å². The molecule has 1 fully saturated rings. The molecule has 0 radical (unpaired) electrons. The lowest BCUT2D eigenvalue weighted by atomic mass is 10.3. The van der Waals surface area contributed by atoms with Crippen molar-refractivity contribution in [1.82, 2.24) is 10.9 Å². The number of hydrazine groups is 1. The van der Waals surface area contributed by atoms with Crippen molar-refractivity contribution in [3.8, 4) is 0 Å². The van der Waals surface area contributed by atoms with E-state index in [2.05, 4.69) is 27.9 Å². The molecule has 0 saturated carbocycles. The number of nitrogens with zero attached hydrogens (tertiary/aromatic N) is 1. The highest BCUT2D eigenvalue weighted by Crippen LogP contribution is 2.07. The molecule has 1 aromatic carbocycles. The van der Waals surface area contributed by atoms with E-state index in [1.807, 2.05) is 32.3 Å². The quantitative estimate of drug-likeness (QED) is 0.631. The van der Waals surface area contributed by atoms with E-state index in [0.717, 1.165) is 0 Å². The Morgan fingerprint density at radius 3 is 1.77 bits per heavy atom. The maximum atomic E-state index is 9.33. The maximum absolute atomic E-state index is 9.33. The topological polar surface area (TPSA) is 64.2 Å². The molecule has 1 aromatic rings. The SMILES string of the molecule is CN(C)c1ccccc1.O=C1NN1. The van der Waals surface area contributed by atoms with Gasteiger partial charge in [-0.25, -0.2) is 15.6 Å². The fraction of sp³-hybridized carbons (Fsp3) is 0.222. The van der Waals surface area contributed by atoms with Gasteiger partial charge >= 0.3 is 6.03 Å². The van der Waals surface area contributed by atoms with E-state index >= 15 is 0 Å². The molecular formula is C9H13N3O. The first kappa shape index (κ1) is 9.38. The van der Waals surface area contributed by atoms with E-state index in [0.29, 0.717) is 0 Å². The lowest BCUT2D eigenvalue weighted by molar-refractivity contribution is 0.266. The number of urea groups is 1. The van der Waals surface area contributed by atoms with Crippen molar-refractivity contribution in [3.05, 3.63) is 30.3 Å². The zero-order valence-corrected chi connectivity index (χ0v) is 7.74. The molecule has 1 saturated heterocycles. The lowest BCUT2D eigenvalue weighted by Crippen LogP contribution is -2.07. The van der Waals surface area contributed by atoms with Gasteiger partial charge in [0.05, 0.1) is 0 Å². The van der Waals surface area contributed by atoms with Gasteiger partial charge in [-0.3, -0.25) is 0 Å². The normalized spacial score (nSPS) is 11.7. The molecule has 0 aromatic heterocycles. The van der Waals surface area contributed by atoms with Crippen LogP contribution in [0.4, 0.5) is 10.5 Å². The molecule has 2 rings (SSSR count). The van der Waals surface area contributed by atoms with Gasteiger partial charge in [0.25, 0.3) is 0 Å². The number of carbonyl (C=O) groups excluding carboxylic acids is 1. The fourth-order valence-corrected chi connectivity index (χ4v) is 0.752. The molecule has 1 aliphatic heterocycles. The summed E-state index contributed by atoms with van der Waals surface area (Å²) >= 11 is 0. The van der Waals surface area contributed by atoms with Crippen LogP contribution in [0.1, 0.15) is 0 Å². The van der Waals surface area contributed by atoms with E-state index in [-0.39, 0.29) is 6.03 Å². The highest BCUT2D eigenvalue weighted by Gasteiger charge is 2.08. The number of rotatable bonds is 1. The molecule has 0 bridgehead atoms. The van der Waals surface area contributed by atoms with Gasteiger partial charge in [0.1, 0.15) is 0 Å². The van der Waals surface area contributed by atoms with Crippen LogP contribution in [0.15, 0.2) is 30.3 Å². The zero-order chi connectivity index (χ0) is 9.68. The number of hydrogen-bond acceptors (Lipinski definition) is 2. The summed E-state index contributed by atoms with van der Waals surface area (Å²) in [5.41, 5.74) is 5.66. The minimum absolute atomic E-state index is 0.0833. The summed E-state index contributed by atoms with van der Waals surface area (Å²) in [5.74, 6) is 0. The van der Waals surface area contributed by atoms with E-state index in [9.17, 15) is 4.79 Å². The van der Waals surface area contributed by atoms with Crippen molar-refractivity contribution >= 4 is 11.7 Å². The monoisotopic (exact) mass is 179 g/mol. The van der Waals surface area contributed by atoms with E-state index in [1.54, 1.807) is 0 Å². The minimum Gasteiger partial charge on any atom is -0.378 e. The molecule has 4 nitrogen and oxygen atoms in total. The third-order valence-corrected chi connectivity index (χ3v) is 1.50. The number of nitrogens with one attached hydrogen (secondary N) is 2. The average molecular weight is 179 g/mol. The van der Waals surface area contributed by atoms with Crippen LogP contribution >= 0.6 is 0 Å². The Bertz CT molecular complexity index is 265. The van der Waals surface area contributed by atoms with Crippen LogP contribution in [0.3, 0.4) is 0 Å². The summed E-state index contributed by atoms with van der Waals surface area (Å²) < 4.78 is 0. The van der Waals surface area contributed by atoms with Gasteiger partial charge < -0.3 is 4.90 Å². The molecule has 0 atom stereocenters. The van der Waals surface area contributed by atoms with Crippen LogP contribution < -0.4 is 15.8 Å². The van der Waals surface area contributed by atoms with Crippen LogP contribution in [0.2, 0.25) is 0 Å². The summed E-state index contributed by atoms with van der Waals surface area (Å²) in [4.78, 5) is 11.4. The largest absolute Gasteiger partial charge is 0.378 e. The zero-order valence-electron chi connectivity index (χ0n) is 7.74. The van der Waals surface area contributed by atoms with Crippen molar-refractivity contribution < 1.29 is 4.79 Å². The van der Waals surface area contributed by atoms with Crippen molar-refractivity contribution in [2.75, 3.05) is 19.0 Å². The first-order valence-electron chi connectivity index (χ1n) is 3.98. The molecular weight excluding hydrogens is 166 g/mol. The van der Waals surface area contributed by atoms with E-state index < -0.39 is 0 Å². The number of amides is 2. The smallest absolute Gasteiger partial charge is 0.352 e. The molecule has 1 aliphatic rings. The molecule has 2 amide bonds. The van der Waals surface area contributed by atoms with Crippen LogP contribution in [-0.2, 0) is 0 Å². The Morgan fingerprint density at radius 1 is 1.08 bits per heavy atom. The summed E-state index contributed by atoms with van der Waals surface area (Å²) in [6.45, 7) is 0. The number of anilines is 1. The Kier molecular flexibility index (Phi) is 3.14. The van der Waals surface area contributed by atoms with Gasteiger partial charge in [-0.05, 0) is 12.1 Å². The Balaban J connectivity index is 0.000000175. The molecule has 4 heteroatoms. The summed E-state index contributed by atoms with van der Waals surface area (Å²) in [5, 5.41) is 0. The highest BCUT2D eigenvalue weighted by molar-refractivity contribution is 5.85. The number of carbonyl (C=O) groups is 1. The van der Waals surface area contributed by atoms with E-state index in [1.165, 1.54) is 5.69 Å². The first-order valence-corrected chi connectivity index (χ1v) is 3.98. The van der Waals surface area contributed by atoms with Gasteiger partial charge in [-0.2, -0.15) is 0 Å². The van der Waals surface area contributed by atoms with Crippen molar-refractivity contribution in [2.24, 2.45) is 0 Å². The molecule has 0 aliphatic carbocycles. The minimum atomic E-state index is -0.0833. The Morgan fingerprint density at radius 2 is 1.54 bits per heavy atom. The van der Waals surface area contributed by atoms with Gasteiger partial charge in [0.15, 0.2) is 0 Å². The molecule has 1 heterocycles. The summed E-state index contributed by atoms with van der Waals surface area (Å²) in [6.07, 6.45) is 0. The van der Waals surface area contributed by atoms with E-state index in [4.69, 9.17) is 0 Å². The van der Waals surface area contributed by atoms with Crippen LogP contribution in [-0.4, -0.2) is 20.1 Å². The predicted octanol–water partition coefficient (Wildman–Crippen LogP) is 0.967.